The van der Waals surface area contributed by atoms with Crippen molar-refractivity contribution in [2.45, 2.75) is 186 Å². The predicted octanol–water partition coefficient (Wildman–Crippen LogP) is 10.1. The fourth-order valence-electron chi connectivity index (χ4n) is 11.2. The number of amides is 1. The van der Waals surface area contributed by atoms with Crippen LogP contribution in [0.3, 0.4) is 0 Å². The largest absolute Gasteiger partial charge is 0.756 e. The Bertz CT molecular complexity index is 2460. The number of aromatic nitrogens is 2. The fourth-order valence-corrected chi connectivity index (χ4v) is 11.9. The second-order valence-electron chi connectivity index (χ2n) is 21.9. The average molecular weight is 1030 g/mol. The van der Waals surface area contributed by atoms with Gasteiger partial charge < -0.3 is 47.0 Å². The van der Waals surface area contributed by atoms with Crippen molar-refractivity contribution in [3.8, 4) is 17.1 Å². The maximum atomic E-state index is 14.3. The number of phosphoric acid groups is 1. The van der Waals surface area contributed by atoms with Gasteiger partial charge in [0.1, 0.15) is 25.5 Å². The van der Waals surface area contributed by atoms with E-state index in [1.54, 1.807) is 17.6 Å². The standard InChI is InChI=1S/C56H84N5O11P/c1-6-44-45-38-43(71-55(65)59-33-29-42(30-34-59)58-31-23-21-24-32-58)27-28-49(45)57-52-46(44)40-60-50(52)39-48-47(53(60)63)41-68-54(64)56(48,7-2)72-51(62)26-22-19-17-15-13-11-9-8-10-12-14-16-18-20-25-36-69-73(66,67)70-37-35-61(3,4)5/h27-28,38-39,42H,6-26,29-37,40-41H2,1-5H3/t56-/m0/s1. The molecule has 1 amide bonds. The third-order valence-electron chi connectivity index (χ3n) is 15.5. The van der Waals surface area contributed by atoms with Crippen molar-refractivity contribution in [3.05, 3.63) is 56.9 Å². The lowest BCUT2D eigenvalue weighted by molar-refractivity contribution is -0.870. The number of aryl methyl sites for hydroxylation is 1. The van der Waals surface area contributed by atoms with Crippen molar-refractivity contribution in [3.63, 3.8) is 0 Å². The van der Waals surface area contributed by atoms with E-state index in [2.05, 4.69) is 11.8 Å². The fraction of sp³-hybridized carbons (Fsp3) is 0.696. The van der Waals surface area contributed by atoms with Gasteiger partial charge in [-0.05, 0) is 94.3 Å². The first-order valence-electron chi connectivity index (χ1n) is 27.9. The van der Waals surface area contributed by atoms with Crippen molar-refractivity contribution in [2.24, 2.45) is 0 Å². The highest BCUT2D eigenvalue weighted by atomic mass is 31.2. The van der Waals surface area contributed by atoms with Crippen LogP contribution < -0.4 is 15.2 Å². The predicted molar refractivity (Wildman–Crippen MR) is 280 cm³/mol. The number of carbonyl (C=O) groups excluding carboxylic acids is 3. The number of nitrogens with zero attached hydrogens (tertiary/aromatic N) is 5. The summed E-state index contributed by atoms with van der Waals surface area (Å²) >= 11 is 0. The van der Waals surface area contributed by atoms with E-state index < -0.39 is 25.4 Å². The first kappa shape index (κ1) is 56.5. The number of cyclic esters (lactones) is 1. The number of fused-ring (bicyclic) bond motifs is 5. The molecule has 3 aromatic rings. The summed E-state index contributed by atoms with van der Waals surface area (Å²) in [5, 5.41) is 0.860. The number of piperidine rings is 2. The van der Waals surface area contributed by atoms with E-state index in [0.717, 1.165) is 87.4 Å². The second-order valence-corrected chi connectivity index (χ2v) is 23.3. The molecule has 0 bridgehead atoms. The average Bonchev–Trinajstić information content (AvgIpc) is 3.74. The summed E-state index contributed by atoms with van der Waals surface area (Å²) in [6.45, 7) is 8.48. The van der Waals surface area contributed by atoms with Gasteiger partial charge in [-0.3, -0.25) is 14.2 Å². The molecule has 2 aromatic heterocycles. The van der Waals surface area contributed by atoms with Gasteiger partial charge >= 0.3 is 18.0 Å². The highest BCUT2D eigenvalue weighted by molar-refractivity contribution is 7.45. The van der Waals surface area contributed by atoms with Crippen molar-refractivity contribution < 1.29 is 51.6 Å². The van der Waals surface area contributed by atoms with Crippen molar-refractivity contribution in [1.82, 2.24) is 19.4 Å². The highest BCUT2D eigenvalue weighted by Gasteiger charge is 2.50. The quantitative estimate of drug-likeness (QED) is 0.0227. The number of hydrogen-bond acceptors (Lipinski definition) is 13. The molecule has 1 aromatic carbocycles. The minimum atomic E-state index is -4.22. The Labute approximate surface area is 433 Å². The smallest absolute Gasteiger partial charge is 0.415 e. The van der Waals surface area contributed by atoms with Crippen LogP contribution in [0.1, 0.15) is 177 Å². The molecule has 4 aliphatic rings. The van der Waals surface area contributed by atoms with E-state index in [0.29, 0.717) is 89.7 Å². The lowest BCUT2D eigenvalue weighted by atomic mass is 9.85. The van der Waals surface area contributed by atoms with E-state index in [9.17, 15) is 28.6 Å². The molecule has 16 nitrogen and oxygen atoms in total. The van der Waals surface area contributed by atoms with Crippen molar-refractivity contribution in [1.29, 1.82) is 0 Å². The molecule has 7 rings (SSSR count). The van der Waals surface area contributed by atoms with Crippen molar-refractivity contribution >= 4 is 36.8 Å². The number of phosphoric ester groups is 1. The van der Waals surface area contributed by atoms with Crippen LogP contribution in [-0.2, 0) is 57.8 Å². The summed E-state index contributed by atoms with van der Waals surface area (Å²) in [7, 11) is 1.72. The molecular weight excluding hydrogens is 950 g/mol. The summed E-state index contributed by atoms with van der Waals surface area (Å²) in [6.07, 6.45) is 22.3. The Kier molecular flexibility index (Phi) is 20.6. The number of esters is 2. The van der Waals surface area contributed by atoms with Crippen LogP contribution in [0.4, 0.5) is 4.79 Å². The Morgan fingerprint density at radius 3 is 2.04 bits per heavy atom. The molecule has 2 atom stereocenters. The monoisotopic (exact) mass is 1030 g/mol. The van der Waals surface area contributed by atoms with E-state index in [1.807, 2.05) is 44.2 Å². The lowest BCUT2D eigenvalue weighted by Gasteiger charge is -2.39. The maximum Gasteiger partial charge on any atom is 0.415 e. The Morgan fingerprint density at radius 1 is 0.808 bits per heavy atom. The topological polar surface area (TPSA) is 179 Å². The Hall–Kier alpha value is -4.18. The second kappa shape index (κ2) is 26.5. The zero-order chi connectivity index (χ0) is 52.0. The van der Waals surface area contributed by atoms with Crippen molar-refractivity contribution in [2.75, 3.05) is 67.1 Å². The molecule has 73 heavy (non-hydrogen) atoms. The van der Waals surface area contributed by atoms with Crippen LogP contribution in [0.5, 0.6) is 5.75 Å². The first-order valence-corrected chi connectivity index (χ1v) is 29.3. The van der Waals surface area contributed by atoms with Crippen LogP contribution in [0.25, 0.3) is 22.3 Å². The number of quaternary nitrogens is 1. The van der Waals surface area contributed by atoms with E-state index in [1.165, 1.54) is 57.8 Å². The Morgan fingerprint density at radius 2 is 1.42 bits per heavy atom. The van der Waals surface area contributed by atoms with Crippen LogP contribution in [-0.4, -0.2) is 115 Å². The molecule has 0 radical (unpaired) electrons. The molecular formula is C56H84N5O11P. The molecule has 0 N–H and O–H groups in total. The number of ether oxygens (including phenoxy) is 3. The minimum absolute atomic E-state index is 0.115. The third-order valence-corrected chi connectivity index (χ3v) is 16.5. The normalized spacial score (nSPS) is 19.0. The molecule has 404 valence electrons. The number of carbonyl (C=O) groups is 3. The summed E-state index contributed by atoms with van der Waals surface area (Å²) < 4.78 is 41.8. The number of rotatable bonds is 28. The van der Waals surface area contributed by atoms with Gasteiger partial charge in [-0.25, -0.2) is 14.6 Å². The summed E-state index contributed by atoms with van der Waals surface area (Å²) in [5.41, 5.74) is 2.49. The molecule has 4 aliphatic heterocycles. The zero-order valence-corrected chi connectivity index (χ0v) is 45.6. The first-order chi connectivity index (χ1) is 35.1. The van der Waals surface area contributed by atoms with Gasteiger partial charge in [0, 0.05) is 42.1 Å². The molecule has 0 spiro atoms. The van der Waals surface area contributed by atoms with Crippen LogP contribution in [0, 0.1) is 0 Å². The van der Waals surface area contributed by atoms with Crippen LogP contribution in [0.15, 0.2) is 29.1 Å². The van der Waals surface area contributed by atoms with Gasteiger partial charge in [-0.15, -0.1) is 0 Å². The van der Waals surface area contributed by atoms with Gasteiger partial charge in [-0.1, -0.05) is 104 Å². The highest BCUT2D eigenvalue weighted by Crippen LogP contribution is 2.43. The van der Waals surface area contributed by atoms with Crippen LogP contribution >= 0.6 is 7.82 Å². The number of benzene rings is 1. The number of likely N-dealkylation sites (N-methyl/N-ethyl adjacent to an activating group) is 1. The third kappa shape index (κ3) is 15.0. The van der Waals surface area contributed by atoms with Gasteiger partial charge in [0.25, 0.3) is 13.4 Å². The molecule has 2 fully saturated rings. The lowest BCUT2D eigenvalue weighted by Crippen LogP contribution is -2.48. The number of unbranched alkanes of at least 4 members (excludes halogenated alkanes) is 14. The minimum Gasteiger partial charge on any atom is -0.756 e. The summed E-state index contributed by atoms with van der Waals surface area (Å²) in [4.78, 5) is 76.2. The van der Waals surface area contributed by atoms with Gasteiger partial charge in [0.05, 0.1) is 56.8 Å². The number of likely N-dealkylation sites (tertiary alicyclic amines) is 2. The number of pyridine rings is 2. The van der Waals surface area contributed by atoms with Gasteiger partial charge in [0.2, 0.25) is 5.60 Å². The Balaban J connectivity index is 0.828. The maximum absolute atomic E-state index is 14.3. The molecule has 1 unspecified atom stereocenters. The summed E-state index contributed by atoms with van der Waals surface area (Å²) in [6, 6.07) is 7.85. The zero-order valence-electron chi connectivity index (χ0n) is 44.7. The molecule has 2 saturated heterocycles. The number of hydrogen-bond donors (Lipinski definition) is 0. The van der Waals surface area contributed by atoms with Gasteiger partial charge in [0.15, 0.2) is 0 Å². The molecule has 6 heterocycles. The molecule has 17 heteroatoms. The van der Waals surface area contributed by atoms with Gasteiger partial charge in [-0.2, -0.15) is 0 Å². The molecule has 0 saturated carbocycles. The molecule has 0 aliphatic carbocycles. The van der Waals surface area contributed by atoms with E-state index in [-0.39, 0.29) is 44.3 Å². The SMILES string of the molecule is CCc1c2c(nc3ccc(OC(=O)N4CCC(N5CCCCC5)CC4)cc13)-c1cc3c(c(=O)n1C2)COC(=O)[C@@]3(CC)OC(=O)CCCCCCCCCCCCCCCCCOP(=O)([O-])OCC[N+](C)(C)C. The van der Waals surface area contributed by atoms with Crippen LogP contribution in [0.2, 0.25) is 0 Å². The summed E-state index contributed by atoms with van der Waals surface area (Å²) in [5.74, 6) is -0.699. The van der Waals surface area contributed by atoms with E-state index in [4.69, 9.17) is 28.2 Å². The van der Waals surface area contributed by atoms with E-state index >= 15 is 0 Å².